The lowest BCUT2D eigenvalue weighted by Crippen LogP contribution is -2.16. The first kappa shape index (κ1) is 12.2. The summed E-state index contributed by atoms with van der Waals surface area (Å²) < 4.78 is 13.1. The molecule has 2 N–H and O–H groups in total. The van der Waals surface area contributed by atoms with Crippen molar-refractivity contribution < 1.29 is 9.18 Å². The van der Waals surface area contributed by atoms with Crippen molar-refractivity contribution in [3.63, 3.8) is 0 Å². The predicted molar refractivity (Wildman–Crippen MR) is 66.7 cm³/mol. The van der Waals surface area contributed by atoms with E-state index in [9.17, 15) is 9.18 Å². The van der Waals surface area contributed by atoms with Crippen molar-refractivity contribution in [2.45, 2.75) is 13.3 Å². The summed E-state index contributed by atoms with van der Waals surface area (Å²) in [5.41, 5.74) is 7.88. The van der Waals surface area contributed by atoms with Crippen molar-refractivity contribution in [1.82, 2.24) is 4.98 Å². The van der Waals surface area contributed by atoms with Crippen LogP contribution in [0.25, 0.3) is 0 Å². The van der Waals surface area contributed by atoms with Gasteiger partial charge in [0.15, 0.2) is 0 Å². The molecule has 1 heterocycles. The third kappa shape index (κ3) is 2.53. The average Bonchev–Trinajstić information content (AvgIpc) is 2.28. The van der Waals surface area contributed by atoms with E-state index >= 15 is 0 Å². The molecule has 0 bridgehead atoms. The molecular weight excluding hydrogens is 231 g/mol. The summed E-state index contributed by atoms with van der Waals surface area (Å²) in [7, 11) is 0. The van der Waals surface area contributed by atoms with Gasteiger partial charge in [0.2, 0.25) is 0 Å². The van der Waals surface area contributed by atoms with Gasteiger partial charge in [0.1, 0.15) is 5.82 Å². The second-order valence-electron chi connectivity index (χ2n) is 4.12. The summed E-state index contributed by atoms with van der Waals surface area (Å²) in [6.45, 7) is 1.80. The molecule has 1 aromatic heterocycles. The second kappa shape index (κ2) is 4.96. The van der Waals surface area contributed by atoms with Crippen LogP contribution < -0.4 is 5.73 Å². The molecule has 0 aliphatic heterocycles. The third-order valence-corrected chi connectivity index (χ3v) is 2.74. The van der Waals surface area contributed by atoms with Crippen LogP contribution in [0.2, 0.25) is 0 Å². The highest BCUT2D eigenvalue weighted by atomic mass is 19.1. The zero-order chi connectivity index (χ0) is 13.1. The number of hydrogen-bond acceptors (Lipinski definition) is 2. The highest BCUT2D eigenvalue weighted by Gasteiger charge is 2.12. The number of halogens is 1. The number of carbonyl (C=O) groups is 1. The minimum atomic E-state index is -0.507. The maximum Gasteiger partial charge on any atom is 0.250 e. The van der Waals surface area contributed by atoms with Gasteiger partial charge in [-0.15, -0.1) is 0 Å². The Labute approximate surface area is 104 Å². The van der Waals surface area contributed by atoms with Crippen LogP contribution in [0.4, 0.5) is 4.39 Å². The number of pyridine rings is 1. The molecule has 0 atom stereocenters. The molecule has 0 aliphatic rings. The van der Waals surface area contributed by atoms with Crippen LogP contribution in [-0.4, -0.2) is 10.9 Å². The van der Waals surface area contributed by atoms with Crippen LogP contribution >= 0.6 is 0 Å². The van der Waals surface area contributed by atoms with Gasteiger partial charge in [-0.25, -0.2) is 4.39 Å². The number of nitrogens with two attached hydrogens (primary N) is 1. The first-order valence-corrected chi connectivity index (χ1v) is 5.56. The normalized spacial score (nSPS) is 10.3. The van der Waals surface area contributed by atoms with Gasteiger partial charge >= 0.3 is 0 Å². The summed E-state index contributed by atoms with van der Waals surface area (Å²) in [5, 5.41) is 0. The van der Waals surface area contributed by atoms with Crippen LogP contribution in [-0.2, 0) is 6.42 Å². The first-order valence-electron chi connectivity index (χ1n) is 5.56. The van der Waals surface area contributed by atoms with Crippen molar-refractivity contribution in [3.05, 3.63) is 64.7 Å². The molecule has 0 saturated heterocycles. The van der Waals surface area contributed by atoms with E-state index in [1.165, 1.54) is 12.1 Å². The molecule has 92 valence electrons. The highest BCUT2D eigenvalue weighted by molar-refractivity contribution is 5.95. The Balaban J connectivity index is 2.40. The maximum atomic E-state index is 13.1. The molecule has 4 heteroatoms. The number of benzene rings is 1. The van der Waals surface area contributed by atoms with Crippen LogP contribution in [0.1, 0.15) is 27.2 Å². The number of primary amides is 1. The number of nitrogens with zero attached hydrogens (tertiary/aromatic N) is 1. The Hall–Kier alpha value is -2.23. The van der Waals surface area contributed by atoms with E-state index in [-0.39, 0.29) is 5.82 Å². The summed E-state index contributed by atoms with van der Waals surface area (Å²) in [4.78, 5) is 15.6. The van der Waals surface area contributed by atoms with Crippen molar-refractivity contribution >= 4 is 5.91 Å². The van der Waals surface area contributed by atoms with Gasteiger partial charge in [-0.05, 0) is 36.2 Å². The lowest BCUT2D eigenvalue weighted by Gasteiger charge is -2.08. The molecule has 0 saturated carbocycles. The van der Waals surface area contributed by atoms with Gasteiger partial charge in [0.05, 0.1) is 11.3 Å². The van der Waals surface area contributed by atoms with Crippen molar-refractivity contribution in [2.24, 2.45) is 5.73 Å². The first-order chi connectivity index (χ1) is 8.58. The Kier molecular flexibility index (Phi) is 3.37. The standard InChI is InChI=1S/C14H13FN2O/c1-9-5-6-17-12(13(9)14(16)18)8-10-3-2-4-11(15)7-10/h2-7H,8H2,1H3,(H2,16,18). The molecular formula is C14H13FN2O. The van der Waals surface area contributed by atoms with Crippen LogP contribution in [0.3, 0.4) is 0 Å². The van der Waals surface area contributed by atoms with Gasteiger partial charge < -0.3 is 5.73 Å². The Bertz CT molecular complexity index is 596. The quantitative estimate of drug-likeness (QED) is 0.900. The van der Waals surface area contributed by atoms with Crippen LogP contribution in [0.15, 0.2) is 36.5 Å². The largest absolute Gasteiger partial charge is 0.366 e. The molecule has 18 heavy (non-hydrogen) atoms. The number of carbonyl (C=O) groups excluding carboxylic acids is 1. The third-order valence-electron chi connectivity index (χ3n) is 2.74. The van der Waals surface area contributed by atoms with Gasteiger partial charge in [0.25, 0.3) is 5.91 Å². The van der Waals surface area contributed by atoms with Gasteiger partial charge in [-0.2, -0.15) is 0 Å². The molecule has 0 radical (unpaired) electrons. The molecule has 0 spiro atoms. The van der Waals surface area contributed by atoms with Crippen LogP contribution in [0, 0.1) is 12.7 Å². The van der Waals surface area contributed by atoms with E-state index in [0.717, 1.165) is 11.1 Å². The Morgan fingerprint density at radius 2 is 2.17 bits per heavy atom. The molecule has 2 rings (SSSR count). The van der Waals surface area contributed by atoms with E-state index in [4.69, 9.17) is 5.73 Å². The summed E-state index contributed by atoms with van der Waals surface area (Å²) in [5.74, 6) is -0.812. The van der Waals surface area contributed by atoms with Gasteiger partial charge in [-0.1, -0.05) is 12.1 Å². The number of aromatic nitrogens is 1. The molecule has 3 nitrogen and oxygen atoms in total. The number of rotatable bonds is 3. The van der Waals surface area contributed by atoms with Gasteiger partial charge in [0, 0.05) is 12.6 Å². The fraction of sp³-hybridized carbons (Fsp3) is 0.143. The summed E-state index contributed by atoms with van der Waals surface area (Å²) in [6.07, 6.45) is 2.01. The van der Waals surface area contributed by atoms with E-state index in [2.05, 4.69) is 4.98 Å². The molecule has 0 aliphatic carbocycles. The minimum absolute atomic E-state index is 0.305. The highest BCUT2D eigenvalue weighted by Crippen LogP contribution is 2.15. The second-order valence-corrected chi connectivity index (χ2v) is 4.12. The fourth-order valence-electron chi connectivity index (χ4n) is 1.93. The topological polar surface area (TPSA) is 56.0 Å². The molecule has 1 amide bonds. The van der Waals surface area contributed by atoms with E-state index in [1.54, 1.807) is 31.3 Å². The number of hydrogen-bond donors (Lipinski definition) is 1. The van der Waals surface area contributed by atoms with Gasteiger partial charge in [-0.3, -0.25) is 9.78 Å². The minimum Gasteiger partial charge on any atom is -0.366 e. The van der Waals surface area contributed by atoms with E-state index in [1.807, 2.05) is 0 Å². The SMILES string of the molecule is Cc1ccnc(Cc2cccc(F)c2)c1C(N)=O. The van der Waals surface area contributed by atoms with Crippen molar-refractivity contribution in [2.75, 3.05) is 0 Å². The molecule has 1 aromatic carbocycles. The zero-order valence-corrected chi connectivity index (χ0v) is 9.98. The lowest BCUT2D eigenvalue weighted by atomic mass is 10.0. The van der Waals surface area contributed by atoms with Crippen molar-refractivity contribution in [1.29, 1.82) is 0 Å². The predicted octanol–water partition coefficient (Wildman–Crippen LogP) is 2.22. The number of aryl methyl sites for hydroxylation is 1. The Morgan fingerprint density at radius 3 is 2.83 bits per heavy atom. The fourth-order valence-corrected chi connectivity index (χ4v) is 1.93. The Morgan fingerprint density at radius 1 is 1.39 bits per heavy atom. The maximum absolute atomic E-state index is 13.1. The van der Waals surface area contributed by atoms with Crippen LogP contribution in [0.5, 0.6) is 0 Å². The molecule has 2 aromatic rings. The van der Waals surface area contributed by atoms with E-state index in [0.29, 0.717) is 17.7 Å². The molecule has 0 unspecified atom stereocenters. The average molecular weight is 244 g/mol. The number of amides is 1. The van der Waals surface area contributed by atoms with E-state index < -0.39 is 5.91 Å². The molecule has 0 fully saturated rings. The monoisotopic (exact) mass is 244 g/mol. The summed E-state index contributed by atoms with van der Waals surface area (Å²) >= 11 is 0. The smallest absolute Gasteiger partial charge is 0.250 e. The summed E-state index contributed by atoms with van der Waals surface area (Å²) in [6, 6.07) is 7.95. The zero-order valence-electron chi connectivity index (χ0n) is 9.98. The van der Waals surface area contributed by atoms with Crippen molar-refractivity contribution in [3.8, 4) is 0 Å². The lowest BCUT2D eigenvalue weighted by molar-refractivity contribution is 0.0998.